The van der Waals surface area contributed by atoms with Gasteiger partial charge in [0.25, 0.3) is 0 Å². The van der Waals surface area contributed by atoms with Crippen molar-refractivity contribution in [3.63, 3.8) is 0 Å². The fourth-order valence-electron chi connectivity index (χ4n) is 6.84. The highest BCUT2D eigenvalue weighted by molar-refractivity contribution is 5.88. The maximum atomic E-state index is 14.2. The van der Waals surface area contributed by atoms with E-state index in [-0.39, 0.29) is 29.4 Å². The first-order chi connectivity index (χ1) is 14.0. The Morgan fingerprint density at radius 1 is 1.31 bits per heavy atom. The number of nitrogens with one attached hydrogen (secondary N) is 2. The molecule has 0 bridgehead atoms. The lowest BCUT2D eigenvalue weighted by atomic mass is 9.70. The van der Waals surface area contributed by atoms with E-state index in [1.165, 1.54) is 25.3 Å². The monoisotopic (exact) mass is 399 g/mol. The third kappa shape index (κ3) is 2.68. The Bertz CT molecular complexity index is 830. The first-order valence-corrected chi connectivity index (χ1v) is 11.3. The van der Waals surface area contributed by atoms with Crippen LogP contribution in [0.2, 0.25) is 0 Å². The van der Waals surface area contributed by atoms with Crippen LogP contribution in [0.1, 0.15) is 56.1 Å². The van der Waals surface area contributed by atoms with Gasteiger partial charge in [-0.25, -0.2) is 4.39 Å². The van der Waals surface area contributed by atoms with Crippen LogP contribution in [0.25, 0.3) is 0 Å². The number of rotatable bonds is 2. The van der Waals surface area contributed by atoms with Gasteiger partial charge in [0.1, 0.15) is 11.9 Å². The van der Waals surface area contributed by atoms with E-state index in [1.807, 2.05) is 6.92 Å². The Kier molecular flexibility index (Phi) is 4.01. The fraction of sp³-hybridized carbons (Fsp3) is 0.696. The molecule has 29 heavy (non-hydrogen) atoms. The van der Waals surface area contributed by atoms with Gasteiger partial charge in [0.05, 0.1) is 12.2 Å². The molecule has 1 aromatic rings. The van der Waals surface area contributed by atoms with Crippen LogP contribution in [0.15, 0.2) is 12.1 Å². The molecular weight excluding hydrogens is 369 g/mol. The standard InChI is InChI=1S/C23H30FN3O2/c1-13-4-7-18(24)17-10-19(26-21(13)17)22(28)25-14-3-2-8-23(11-14)20-9-15-5-6-16(12-29-23)27(15)20/h4,7,14-16,19-20,26H,2-3,5-6,8-12H2,1H3,(H,25,28)/t14?,15?,16?,19?,20-,23+/m1/s1. The van der Waals surface area contributed by atoms with Crippen molar-refractivity contribution in [1.82, 2.24) is 10.2 Å². The number of amides is 1. The van der Waals surface area contributed by atoms with Crippen molar-refractivity contribution in [3.05, 3.63) is 29.1 Å². The van der Waals surface area contributed by atoms with Gasteiger partial charge >= 0.3 is 0 Å². The van der Waals surface area contributed by atoms with Gasteiger partial charge in [0, 0.05) is 41.8 Å². The molecule has 4 heterocycles. The van der Waals surface area contributed by atoms with Crippen LogP contribution in [-0.4, -0.2) is 53.2 Å². The number of anilines is 1. The second-order valence-electron chi connectivity index (χ2n) is 9.88. The van der Waals surface area contributed by atoms with E-state index in [0.29, 0.717) is 24.1 Å². The molecule has 1 aliphatic carbocycles. The number of nitrogens with zero attached hydrogens (tertiary/aromatic N) is 1. The number of hydrogen-bond acceptors (Lipinski definition) is 4. The molecule has 156 valence electrons. The molecule has 0 radical (unpaired) electrons. The lowest BCUT2D eigenvalue weighted by Crippen LogP contribution is -2.72. The van der Waals surface area contributed by atoms with E-state index in [9.17, 15) is 9.18 Å². The van der Waals surface area contributed by atoms with Gasteiger partial charge in [-0.15, -0.1) is 0 Å². The molecule has 1 spiro atoms. The molecule has 6 rings (SSSR count). The van der Waals surface area contributed by atoms with Crippen molar-refractivity contribution < 1.29 is 13.9 Å². The average molecular weight is 400 g/mol. The minimum absolute atomic E-state index is 0.0107. The average Bonchev–Trinajstić information content (AvgIpc) is 3.28. The summed E-state index contributed by atoms with van der Waals surface area (Å²) in [7, 11) is 0. The molecule has 3 saturated heterocycles. The molecule has 4 aliphatic heterocycles. The number of aryl methyl sites for hydroxylation is 1. The SMILES string of the molecule is Cc1ccc(F)c2c1NC(C(=O)NC1CCC[C@@]3(C1)OCC1CCC4C[C@H]3N14)C2. The maximum absolute atomic E-state index is 14.2. The second kappa shape index (κ2) is 6.42. The van der Waals surface area contributed by atoms with Gasteiger partial charge in [-0.3, -0.25) is 9.69 Å². The quantitative estimate of drug-likeness (QED) is 0.803. The summed E-state index contributed by atoms with van der Waals surface area (Å²) in [6.45, 7) is 2.81. The van der Waals surface area contributed by atoms with Gasteiger partial charge < -0.3 is 15.4 Å². The number of benzene rings is 1. The van der Waals surface area contributed by atoms with Crippen LogP contribution in [-0.2, 0) is 16.0 Å². The molecule has 0 aromatic heterocycles. The molecule has 1 aromatic carbocycles. The summed E-state index contributed by atoms with van der Waals surface area (Å²) in [4.78, 5) is 15.7. The Balaban J connectivity index is 1.13. The minimum Gasteiger partial charge on any atom is -0.373 e. The number of ether oxygens (including phenoxy) is 1. The summed E-state index contributed by atoms with van der Waals surface area (Å²) in [5, 5.41) is 6.54. The highest BCUT2D eigenvalue weighted by Crippen LogP contribution is 2.52. The van der Waals surface area contributed by atoms with Crippen molar-refractivity contribution in [1.29, 1.82) is 0 Å². The number of halogens is 1. The van der Waals surface area contributed by atoms with Crippen LogP contribution in [0.5, 0.6) is 0 Å². The fourth-order valence-corrected chi connectivity index (χ4v) is 6.84. The predicted molar refractivity (Wildman–Crippen MR) is 108 cm³/mol. The number of morpholine rings is 1. The lowest BCUT2D eigenvalue weighted by molar-refractivity contribution is -0.224. The summed E-state index contributed by atoms with van der Waals surface area (Å²) in [5.74, 6) is -0.233. The molecule has 2 N–H and O–H groups in total. The van der Waals surface area contributed by atoms with E-state index in [4.69, 9.17) is 4.74 Å². The van der Waals surface area contributed by atoms with Gasteiger partial charge in [-0.2, -0.15) is 0 Å². The lowest BCUT2D eigenvalue weighted by Gasteiger charge is -2.61. The van der Waals surface area contributed by atoms with Gasteiger partial charge in [0.2, 0.25) is 5.91 Å². The minimum atomic E-state index is -0.387. The number of fused-ring (bicyclic) bond motifs is 2. The van der Waals surface area contributed by atoms with E-state index in [2.05, 4.69) is 15.5 Å². The van der Waals surface area contributed by atoms with Crippen LogP contribution < -0.4 is 10.6 Å². The van der Waals surface area contributed by atoms with Crippen molar-refractivity contribution >= 4 is 11.6 Å². The predicted octanol–water partition coefficient (Wildman–Crippen LogP) is 2.90. The molecule has 1 amide bonds. The molecular formula is C23H30FN3O2. The van der Waals surface area contributed by atoms with E-state index < -0.39 is 0 Å². The number of carbonyl (C=O) groups is 1. The Morgan fingerprint density at radius 2 is 2.17 bits per heavy atom. The topological polar surface area (TPSA) is 53.6 Å². The van der Waals surface area contributed by atoms with Crippen LogP contribution >= 0.6 is 0 Å². The molecule has 6 heteroatoms. The van der Waals surface area contributed by atoms with Crippen LogP contribution in [0, 0.1) is 12.7 Å². The molecule has 5 nitrogen and oxygen atoms in total. The number of carbonyl (C=O) groups excluding carboxylic acids is 1. The van der Waals surface area contributed by atoms with Crippen LogP contribution in [0.4, 0.5) is 10.1 Å². The van der Waals surface area contributed by atoms with E-state index >= 15 is 0 Å². The Morgan fingerprint density at radius 3 is 3.03 bits per heavy atom. The zero-order valence-corrected chi connectivity index (χ0v) is 17.0. The second-order valence-corrected chi connectivity index (χ2v) is 9.88. The highest BCUT2D eigenvalue weighted by Gasteiger charge is 2.60. The molecule has 6 atom stereocenters. The third-order valence-electron chi connectivity index (χ3n) is 8.30. The summed E-state index contributed by atoms with van der Waals surface area (Å²) in [6.07, 6.45) is 8.40. The summed E-state index contributed by atoms with van der Waals surface area (Å²) in [5.41, 5.74) is 2.34. The molecule has 4 unspecified atom stereocenters. The Labute approximate surface area is 171 Å². The van der Waals surface area contributed by atoms with E-state index in [0.717, 1.165) is 49.6 Å². The van der Waals surface area contributed by atoms with Crippen molar-refractivity contribution in [3.8, 4) is 0 Å². The zero-order valence-electron chi connectivity index (χ0n) is 17.0. The Hall–Kier alpha value is -1.66. The van der Waals surface area contributed by atoms with Gasteiger partial charge in [0.15, 0.2) is 0 Å². The van der Waals surface area contributed by atoms with Crippen LogP contribution in [0.3, 0.4) is 0 Å². The third-order valence-corrected chi connectivity index (χ3v) is 8.30. The van der Waals surface area contributed by atoms with Crippen molar-refractivity contribution in [2.45, 2.75) is 94.1 Å². The van der Waals surface area contributed by atoms with E-state index in [1.54, 1.807) is 6.07 Å². The normalized spacial score (nSPS) is 40.1. The largest absolute Gasteiger partial charge is 0.373 e. The zero-order chi connectivity index (χ0) is 19.8. The van der Waals surface area contributed by atoms with Crippen molar-refractivity contribution in [2.24, 2.45) is 0 Å². The summed E-state index contributed by atoms with van der Waals surface area (Å²) in [6, 6.07) is 4.97. The first-order valence-electron chi connectivity index (χ1n) is 11.3. The number of hydrogen-bond donors (Lipinski definition) is 2. The van der Waals surface area contributed by atoms with Gasteiger partial charge in [-0.1, -0.05) is 6.07 Å². The summed E-state index contributed by atoms with van der Waals surface area (Å²) >= 11 is 0. The maximum Gasteiger partial charge on any atom is 0.243 e. The summed E-state index contributed by atoms with van der Waals surface area (Å²) < 4.78 is 20.7. The molecule has 4 fully saturated rings. The highest BCUT2D eigenvalue weighted by atomic mass is 19.1. The van der Waals surface area contributed by atoms with Gasteiger partial charge in [-0.05, 0) is 63.5 Å². The first kappa shape index (κ1) is 18.1. The molecule has 1 saturated carbocycles. The van der Waals surface area contributed by atoms with Crippen molar-refractivity contribution in [2.75, 3.05) is 11.9 Å². The molecule has 5 aliphatic rings. The smallest absolute Gasteiger partial charge is 0.243 e.